The molecule has 0 heterocycles. The molecule has 0 bridgehead atoms. The maximum Gasteiger partial charge on any atom is 0.341 e. The summed E-state index contributed by atoms with van der Waals surface area (Å²) in [6.45, 7) is 0.00217. The van der Waals surface area contributed by atoms with Crippen LogP contribution in [0.25, 0.3) is 0 Å². The fraction of sp³-hybridized carbons (Fsp3) is 0.333. The molecule has 0 aromatic heterocycles. The molecule has 2 N–H and O–H groups in total. The minimum Gasteiger partial charge on any atom is -0.482 e. The Bertz CT molecular complexity index is 800. The molecule has 1 aliphatic carbocycles. The summed E-state index contributed by atoms with van der Waals surface area (Å²) in [7, 11) is 0. The number of fused-ring (bicyclic) bond motifs is 1. The lowest BCUT2D eigenvalue weighted by atomic mass is 9.90. The molecule has 0 saturated carbocycles. The largest absolute Gasteiger partial charge is 0.482 e. The number of hydrogen-bond donors (Lipinski definition) is 2. The third-order valence-corrected chi connectivity index (χ3v) is 4.53. The number of benzene rings is 2. The van der Waals surface area contributed by atoms with Crippen molar-refractivity contribution < 1.29 is 19.4 Å². The number of aryl methyl sites for hydroxylation is 2. The number of carbonyl (C=O) groups is 2. The van der Waals surface area contributed by atoms with Gasteiger partial charge in [-0.1, -0.05) is 30.3 Å². The number of nitrogens with one attached hydrogen (secondary N) is 1. The first-order valence-electron chi connectivity index (χ1n) is 8.91. The van der Waals surface area contributed by atoms with Gasteiger partial charge in [0.05, 0.1) is 6.42 Å². The maximum absolute atomic E-state index is 12.2. The summed E-state index contributed by atoms with van der Waals surface area (Å²) in [6.07, 6.45) is 5.09. The first kappa shape index (κ1) is 18.0. The SMILES string of the molecule is O=C(O)COc1cccc(CNC(=O)Cc2ccc3c(c2)CCCC3)c1. The van der Waals surface area contributed by atoms with Gasteiger partial charge in [-0.3, -0.25) is 4.79 Å². The Balaban J connectivity index is 1.52. The summed E-state index contributed by atoms with van der Waals surface area (Å²) in [5, 5.41) is 11.6. The van der Waals surface area contributed by atoms with Gasteiger partial charge in [0.1, 0.15) is 5.75 Å². The number of carboxylic acid groups (broad SMARTS) is 1. The van der Waals surface area contributed by atoms with E-state index in [1.807, 2.05) is 12.1 Å². The van der Waals surface area contributed by atoms with Crippen LogP contribution in [-0.2, 0) is 35.4 Å². The third-order valence-electron chi connectivity index (χ3n) is 4.53. The minimum absolute atomic E-state index is 0.0300. The highest BCUT2D eigenvalue weighted by molar-refractivity contribution is 5.78. The molecule has 0 unspecified atom stereocenters. The van der Waals surface area contributed by atoms with E-state index in [2.05, 4.69) is 17.4 Å². The van der Waals surface area contributed by atoms with Crippen molar-refractivity contribution in [3.05, 3.63) is 64.7 Å². The van der Waals surface area contributed by atoms with Crippen LogP contribution >= 0.6 is 0 Å². The zero-order valence-electron chi connectivity index (χ0n) is 14.7. The summed E-state index contributed by atoms with van der Waals surface area (Å²) < 4.78 is 5.15. The van der Waals surface area contributed by atoms with E-state index in [0.717, 1.165) is 24.0 Å². The van der Waals surface area contributed by atoms with Crippen molar-refractivity contribution in [2.24, 2.45) is 0 Å². The van der Waals surface area contributed by atoms with Crippen LogP contribution in [0.2, 0.25) is 0 Å². The molecule has 2 aromatic carbocycles. The lowest BCUT2D eigenvalue weighted by Crippen LogP contribution is -2.24. The Morgan fingerprint density at radius 1 is 1.00 bits per heavy atom. The van der Waals surface area contributed by atoms with E-state index >= 15 is 0 Å². The van der Waals surface area contributed by atoms with Crippen molar-refractivity contribution in [1.82, 2.24) is 5.32 Å². The van der Waals surface area contributed by atoms with Crippen LogP contribution in [0.5, 0.6) is 5.75 Å². The van der Waals surface area contributed by atoms with Gasteiger partial charge in [0.2, 0.25) is 5.91 Å². The van der Waals surface area contributed by atoms with Gasteiger partial charge >= 0.3 is 5.97 Å². The molecule has 5 nitrogen and oxygen atoms in total. The zero-order valence-corrected chi connectivity index (χ0v) is 14.7. The second-order valence-corrected chi connectivity index (χ2v) is 6.59. The van der Waals surface area contributed by atoms with E-state index in [1.54, 1.807) is 18.2 Å². The summed E-state index contributed by atoms with van der Waals surface area (Å²) in [4.78, 5) is 22.8. The number of carboxylic acids is 1. The summed E-state index contributed by atoms with van der Waals surface area (Å²) >= 11 is 0. The van der Waals surface area contributed by atoms with Crippen LogP contribution in [0.4, 0.5) is 0 Å². The molecule has 0 saturated heterocycles. The molecule has 2 aromatic rings. The number of amides is 1. The first-order valence-corrected chi connectivity index (χ1v) is 8.91. The highest BCUT2D eigenvalue weighted by Gasteiger charge is 2.11. The standard InChI is InChI=1S/C21H23NO4/c23-20(12-15-8-9-17-5-1-2-6-18(17)10-15)22-13-16-4-3-7-19(11-16)26-14-21(24)25/h3-4,7-11H,1-2,5-6,12-14H2,(H,22,23)(H,24,25). The van der Waals surface area contributed by atoms with Crippen molar-refractivity contribution in [3.63, 3.8) is 0 Å². The minimum atomic E-state index is -1.02. The topological polar surface area (TPSA) is 75.6 Å². The Morgan fingerprint density at radius 2 is 1.81 bits per heavy atom. The average molecular weight is 353 g/mol. The molecule has 0 spiro atoms. The molecule has 136 valence electrons. The summed E-state index contributed by atoms with van der Waals surface area (Å²) in [5.41, 5.74) is 4.71. The second kappa shape index (κ2) is 8.52. The molecule has 0 radical (unpaired) electrons. The van der Waals surface area contributed by atoms with E-state index in [-0.39, 0.29) is 12.5 Å². The van der Waals surface area contributed by atoms with Crippen LogP contribution < -0.4 is 10.1 Å². The van der Waals surface area contributed by atoms with Crippen LogP contribution in [0.15, 0.2) is 42.5 Å². The van der Waals surface area contributed by atoms with Gasteiger partial charge in [0, 0.05) is 6.54 Å². The van der Waals surface area contributed by atoms with Crippen LogP contribution in [0.3, 0.4) is 0 Å². The first-order chi connectivity index (χ1) is 12.6. The van der Waals surface area contributed by atoms with Crippen molar-refractivity contribution in [3.8, 4) is 5.75 Å². The fourth-order valence-electron chi connectivity index (χ4n) is 3.24. The predicted molar refractivity (Wildman–Crippen MR) is 98.2 cm³/mol. The highest BCUT2D eigenvalue weighted by atomic mass is 16.5. The second-order valence-electron chi connectivity index (χ2n) is 6.59. The molecule has 0 fully saturated rings. The number of rotatable bonds is 7. The Hall–Kier alpha value is -2.82. The van der Waals surface area contributed by atoms with Crippen molar-refractivity contribution in [2.75, 3.05) is 6.61 Å². The van der Waals surface area contributed by atoms with E-state index in [9.17, 15) is 9.59 Å². The molecular weight excluding hydrogens is 330 g/mol. The maximum atomic E-state index is 12.2. The van der Waals surface area contributed by atoms with E-state index < -0.39 is 5.97 Å². The van der Waals surface area contributed by atoms with Crippen molar-refractivity contribution in [1.29, 1.82) is 0 Å². The normalized spacial score (nSPS) is 12.9. The molecule has 1 aliphatic rings. The molecular formula is C21H23NO4. The Kier molecular flexibility index (Phi) is 5.89. The van der Waals surface area contributed by atoms with E-state index in [1.165, 1.54) is 24.0 Å². The third kappa shape index (κ3) is 5.09. The highest BCUT2D eigenvalue weighted by Crippen LogP contribution is 2.22. The van der Waals surface area contributed by atoms with Gasteiger partial charge in [-0.25, -0.2) is 4.79 Å². The van der Waals surface area contributed by atoms with Crippen LogP contribution in [0, 0.1) is 0 Å². The van der Waals surface area contributed by atoms with Crippen molar-refractivity contribution >= 4 is 11.9 Å². The predicted octanol–water partition coefficient (Wildman–Crippen LogP) is 2.89. The van der Waals surface area contributed by atoms with Gasteiger partial charge in [-0.15, -0.1) is 0 Å². The molecule has 3 rings (SSSR count). The Labute approximate surface area is 153 Å². The number of hydrogen-bond acceptors (Lipinski definition) is 3. The van der Waals surface area contributed by atoms with E-state index in [0.29, 0.717) is 18.7 Å². The quantitative estimate of drug-likeness (QED) is 0.802. The average Bonchev–Trinajstić information content (AvgIpc) is 2.65. The van der Waals surface area contributed by atoms with Crippen LogP contribution in [-0.4, -0.2) is 23.6 Å². The molecule has 26 heavy (non-hydrogen) atoms. The van der Waals surface area contributed by atoms with Gasteiger partial charge in [0.25, 0.3) is 0 Å². The smallest absolute Gasteiger partial charge is 0.341 e. The van der Waals surface area contributed by atoms with Gasteiger partial charge in [0.15, 0.2) is 6.61 Å². The van der Waals surface area contributed by atoms with Gasteiger partial charge in [-0.05, 0) is 60.1 Å². The number of carbonyl (C=O) groups excluding carboxylic acids is 1. The molecule has 0 aliphatic heterocycles. The lowest BCUT2D eigenvalue weighted by molar-refractivity contribution is -0.139. The number of aliphatic carboxylic acids is 1. The van der Waals surface area contributed by atoms with Gasteiger partial charge in [-0.2, -0.15) is 0 Å². The van der Waals surface area contributed by atoms with Crippen molar-refractivity contribution in [2.45, 2.75) is 38.6 Å². The number of ether oxygens (including phenoxy) is 1. The lowest BCUT2D eigenvalue weighted by Gasteiger charge is -2.16. The Morgan fingerprint density at radius 3 is 2.62 bits per heavy atom. The fourth-order valence-corrected chi connectivity index (χ4v) is 3.24. The molecule has 0 atom stereocenters. The molecule has 1 amide bonds. The van der Waals surface area contributed by atoms with Gasteiger partial charge < -0.3 is 15.2 Å². The zero-order chi connectivity index (χ0) is 18.4. The summed E-state index contributed by atoms with van der Waals surface area (Å²) in [6, 6.07) is 13.4. The van der Waals surface area contributed by atoms with E-state index in [4.69, 9.17) is 9.84 Å². The molecule has 5 heteroatoms. The van der Waals surface area contributed by atoms with Crippen LogP contribution in [0.1, 0.15) is 35.1 Å². The summed E-state index contributed by atoms with van der Waals surface area (Å²) in [5.74, 6) is -0.569. The monoisotopic (exact) mass is 353 g/mol.